The van der Waals surface area contributed by atoms with Gasteiger partial charge < -0.3 is 14.8 Å². The quantitative estimate of drug-likeness (QED) is 0.752. The molecule has 7 heteroatoms. The van der Waals surface area contributed by atoms with Crippen LogP contribution in [0.2, 0.25) is 0 Å². The van der Waals surface area contributed by atoms with Crippen LogP contribution in [-0.2, 0) is 33.7 Å². The molecule has 0 saturated carbocycles. The molecule has 6 nitrogen and oxygen atoms in total. The number of carbonyl (C=O) groups is 3. The summed E-state index contributed by atoms with van der Waals surface area (Å²) in [7, 11) is 1.32. The maximum absolute atomic E-state index is 12.2. The Morgan fingerprint density at radius 1 is 1.18 bits per heavy atom. The monoisotopic (exact) mass is 401 g/mol. The standard InChI is InChI=1S/C21H23NO5S/c1-13-3-8-17-16(9-13)10-18(28-17)21(25)27-12-19(23)22-11-14-4-6-15(7-5-14)20(24)26-2/h4-7,10,13H,3,8-9,11-12H2,1-2H3,(H,22,23)/t13-/m0/s1. The van der Waals surface area contributed by atoms with Crippen molar-refractivity contribution in [2.75, 3.05) is 13.7 Å². The molecular formula is C21H23NO5S. The SMILES string of the molecule is COC(=O)c1ccc(CNC(=O)COC(=O)c2cc3c(s2)CC[C@H](C)C3)cc1. The Balaban J connectivity index is 1.45. The largest absolute Gasteiger partial charge is 0.465 e. The van der Waals surface area contributed by atoms with Crippen LogP contribution >= 0.6 is 11.3 Å². The molecule has 28 heavy (non-hydrogen) atoms. The Bertz CT molecular complexity index is 871. The molecule has 1 heterocycles. The van der Waals surface area contributed by atoms with Crippen LogP contribution in [0.25, 0.3) is 0 Å². The fraction of sp³-hybridized carbons (Fsp3) is 0.381. The van der Waals surface area contributed by atoms with Crippen LogP contribution in [0, 0.1) is 5.92 Å². The summed E-state index contributed by atoms with van der Waals surface area (Å²) in [5.74, 6) is -0.601. The summed E-state index contributed by atoms with van der Waals surface area (Å²) < 4.78 is 9.79. The van der Waals surface area contributed by atoms with Gasteiger partial charge in [0.1, 0.15) is 4.88 Å². The van der Waals surface area contributed by atoms with E-state index < -0.39 is 11.9 Å². The smallest absolute Gasteiger partial charge is 0.348 e. The van der Waals surface area contributed by atoms with Gasteiger partial charge in [0, 0.05) is 11.4 Å². The minimum atomic E-state index is -0.454. The molecule has 0 spiro atoms. The molecule has 1 aliphatic rings. The number of benzene rings is 1. The lowest BCUT2D eigenvalue weighted by molar-refractivity contribution is -0.124. The van der Waals surface area contributed by atoms with Gasteiger partial charge in [-0.05, 0) is 54.5 Å². The van der Waals surface area contributed by atoms with Gasteiger partial charge >= 0.3 is 11.9 Å². The third kappa shape index (κ3) is 4.98. The Hall–Kier alpha value is -2.67. The maximum atomic E-state index is 12.2. The fourth-order valence-electron chi connectivity index (χ4n) is 3.14. The topological polar surface area (TPSA) is 81.7 Å². The van der Waals surface area contributed by atoms with E-state index in [1.54, 1.807) is 24.3 Å². The third-order valence-electron chi connectivity index (χ3n) is 4.73. The highest BCUT2D eigenvalue weighted by Crippen LogP contribution is 2.32. The van der Waals surface area contributed by atoms with Gasteiger partial charge in [0.15, 0.2) is 6.61 Å². The molecule has 0 unspecified atom stereocenters. The van der Waals surface area contributed by atoms with Crippen LogP contribution in [0.5, 0.6) is 0 Å². The molecule has 1 amide bonds. The summed E-state index contributed by atoms with van der Waals surface area (Å²) in [6.07, 6.45) is 3.14. The van der Waals surface area contributed by atoms with Crippen molar-refractivity contribution < 1.29 is 23.9 Å². The van der Waals surface area contributed by atoms with E-state index in [9.17, 15) is 14.4 Å². The van der Waals surface area contributed by atoms with E-state index in [1.165, 1.54) is 28.9 Å². The van der Waals surface area contributed by atoms with E-state index in [0.29, 0.717) is 16.4 Å². The van der Waals surface area contributed by atoms with Gasteiger partial charge in [0.05, 0.1) is 12.7 Å². The van der Waals surface area contributed by atoms with Crippen molar-refractivity contribution in [2.45, 2.75) is 32.7 Å². The van der Waals surface area contributed by atoms with Crippen molar-refractivity contribution in [1.29, 1.82) is 0 Å². The van der Waals surface area contributed by atoms with Crippen LogP contribution < -0.4 is 5.32 Å². The van der Waals surface area contributed by atoms with E-state index in [0.717, 1.165) is 24.8 Å². The van der Waals surface area contributed by atoms with E-state index >= 15 is 0 Å². The summed E-state index contributed by atoms with van der Waals surface area (Å²) in [6, 6.07) is 8.63. The van der Waals surface area contributed by atoms with Crippen LogP contribution in [0.1, 0.15) is 49.4 Å². The van der Waals surface area contributed by atoms with Gasteiger partial charge in [-0.25, -0.2) is 9.59 Å². The highest BCUT2D eigenvalue weighted by atomic mass is 32.1. The Morgan fingerprint density at radius 2 is 1.93 bits per heavy atom. The van der Waals surface area contributed by atoms with Gasteiger partial charge in [-0.1, -0.05) is 19.1 Å². The third-order valence-corrected chi connectivity index (χ3v) is 5.95. The van der Waals surface area contributed by atoms with E-state index in [-0.39, 0.29) is 19.1 Å². The van der Waals surface area contributed by atoms with E-state index in [2.05, 4.69) is 17.0 Å². The average molecular weight is 401 g/mol. The molecule has 1 atom stereocenters. The number of fused-ring (bicyclic) bond motifs is 1. The number of amides is 1. The molecule has 0 bridgehead atoms. The number of esters is 2. The molecule has 3 rings (SSSR count). The molecule has 0 saturated heterocycles. The van der Waals surface area contributed by atoms with Gasteiger partial charge in [-0.15, -0.1) is 11.3 Å². The average Bonchev–Trinajstić information content (AvgIpc) is 3.13. The van der Waals surface area contributed by atoms with Crippen molar-refractivity contribution >= 4 is 29.2 Å². The van der Waals surface area contributed by atoms with Crippen molar-refractivity contribution in [3.8, 4) is 0 Å². The number of thiophene rings is 1. The first-order valence-corrected chi connectivity index (χ1v) is 10.0. The number of rotatable bonds is 6. The highest BCUT2D eigenvalue weighted by Gasteiger charge is 2.21. The predicted octanol–water partition coefficient (Wildman–Crippen LogP) is 3.13. The molecule has 1 aromatic heterocycles. The summed E-state index contributed by atoms with van der Waals surface area (Å²) in [5, 5.41) is 2.69. The van der Waals surface area contributed by atoms with E-state index in [4.69, 9.17) is 4.74 Å². The van der Waals surface area contributed by atoms with E-state index in [1.807, 2.05) is 6.07 Å². The first kappa shape index (κ1) is 20.1. The lowest BCUT2D eigenvalue weighted by Gasteiger charge is -2.16. The number of nitrogens with one attached hydrogen (secondary N) is 1. The second-order valence-corrected chi connectivity index (χ2v) is 8.09. The minimum absolute atomic E-state index is 0.281. The molecule has 0 aliphatic heterocycles. The summed E-state index contributed by atoms with van der Waals surface area (Å²) in [6.45, 7) is 2.17. The molecule has 148 valence electrons. The number of hydrogen-bond acceptors (Lipinski definition) is 6. The number of ether oxygens (including phenoxy) is 2. The number of aryl methyl sites for hydroxylation is 1. The van der Waals surface area contributed by atoms with Crippen molar-refractivity contribution in [3.05, 3.63) is 56.8 Å². The molecule has 2 aromatic rings. The molecule has 0 radical (unpaired) electrons. The zero-order valence-corrected chi connectivity index (χ0v) is 16.8. The first-order valence-electron chi connectivity index (χ1n) is 9.19. The number of carbonyl (C=O) groups excluding carboxylic acids is 3. The van der Waals surface area contributed by atoms with Crippen molar-refractivity contribution in [3.63, 3.8) is 0 Å². The second kappa shape index (κ2) is 9.01. The summed E-state index contributed by atoms with van der Waals surface area (Å²) in [4.78, 5) is 37.4. The maximum Gasteiger partial charge on any atom is 0.348 e. The Morgan fingerprint density at radius 3 is 2.64 bits per heavy atom. The molecular weight excluding hydrogens is 378 g/mol. The highest BCUT2D eigenvalue weighted by molar-refractivity contribution is 7.14. The van der Waals surface area contributed by atoms with Crippen LogP contribution in [0.4, 0.5) is 0 Å². The summed E-state index contributed by atoms with van der Waals surface area (Å²) >= 11 is 1.47. The predicted molar refractivity (Wildman–Crippen MR) is 105 cm³/mol. The number of hydrogen-bond donors (Lipinski definition) is 1. The molecule has 0 fully saturated rings. The lowest BCUT2D eigenvalue weighted by atomic mass is 9.90. The second-order valence-electron chi connectivity index (χ2n) is 6.95. The van der Waals surface area contributed by atoms with Crippen LogP contribution in [0.15, 0.2) is 30.3 Å². The van der Waals surface area contributed by atoms with Gasteiger partial charge in [0.25, 0.3) is 5.91 Å². The van der Waals surface area contributed by atoms with Crippen LogP contribution in [-0.4, -0.2) is 31.6 Å². The van der Waals surface area contributed by atoms with Gasteiger partial charge in [0.2, 0.25) is 0 Å². The molecule has 1 aromatic carbocycles. The fourth-order valence-corrected chi connectivity index (χ4v) is 4.24. The zero-order valence-electron chi connectivity index (χ0n) is 15.9. The minimum Gasteiger partial charge on any atom is -0.465 e. The lowest BCUT2D eigenvalue weighted by Crippen LogP contribution is -2.28. The Kier molecular flexibility index (Phi) is 6.46. The Labute approximate surface area is 167 Å². The van der Waals surface area contributed by atoms with Crippen LogP contribution in [0.3, 0.4) is 0 Å². The molecule has 1 N–H and O–H groups in total. The number of methoxy groups -OCH3 is 1. The van der Waals surface area contributed by atoms with Crippen molar-refractivity contribution in [1.82, 2.24) is 5.32 Å². The van der Waals surface area contributed by atoms with Gasteiger partial charge in [-0.2, -0.15) is 0 Å². The normalized spacial score (nSPS) is 15.4. The van der Waals surface area contributed by atoms with Gasteiger partial charge in [-0.3, -0.25) is 4.79 Å². The molecule has 1 aliphatic carbocycles. The van der Waals surface area contributed by atoms with Crippen molar-refractivity contribution in [2.24, 2.45) is 5.92 Å². The zero-order chi connectivity index (χ0) is 20.1. The summed E-state index contributed by atoms with van der Waals surface area (Å²) in [5.41, 5.74) is 2.50. The first-order chi connectivity index (χ1) is 13.5.